The predicted octanol–water partition coefficient (Wildman–Crippen LogP) is 4.74. The third-order valence-corrected chi connectivity index (χ3v) is 5.32. The Morgan fingerprint density at radius 2 is 1.74 bits per heavy atom. The van der Waals surface area contributed by atoms with Crippen molar-refractivity contribution >= 4 is 17.3 Å². The molecule has 3 atom stereocenters. The molecule has 0 aromatic heterocycles. The van der Waals surface area contributed by atoms with Gasteiger partial charge in [0, 0.05) is 36.4 Å². The highest BCUT2D eigenvalue weighted by Crippen LogP contribution is 2.44. The summed E-state index contributed by atoms with van der Waals surface area (Å²) in [5.74, 6) is 1.49. The van der Waals surface area contributed by atoms with Gasteiger partial charge in [0.05, 0.1) is 12.7 Å². The molecular formula is C20H20ClNO. The first kappa shape index (κ1) is 14.9. The highest BCUT2D eigenvalue weighted by atomic mass is 35.5. The first-order valence-corrected chi connectivity index (χ1v) is 8.74. The Labute approximate surface area is 142 Å². The first-order valence-electron chi connectivity index (χ1n) is 8.20. The quantitative estimate of drug-likeness (QED) is 0.744. The second-order valence-corrected chi connectivity index (χ2v) is 6.65. The summed E-state index contributed by atoms with van der Waals surface area (Å²) in [6.45, 7) is 1.49. The summed E-state index contributed by atoms with van der Waals surface area (Å²) in [4.78, 5) is 4.77. The van der Waals surface area contributed by atoms with Gasteiger partial charge in [-0.15, -0.1) is 11.6 Å². The van der Waals surface area contributed by atoms with Crippen LogP contribution in [0.3, 0.4) is 0 Å². The number of rotatable bonds is 4. The molecule has 2 aromatic carbocycles. The summed E-state index contributed by atoms with van der Waals surface area (Å²) in [6, 6.07) is 19.0. The standard InChI is InChI=1S/C20H20ClNO/c21-11-15-12-22-18-10-19(23-13-14-6-2-1-3-7-14)16-8-4-5-9-17(16)20(15)18/h1-9,15,19-20H,10-13H2. The lowest BCUT2D eigenvalue weighted by molar-refractivity contribution is 0.0415. The van der Waals surface area contributed by atoms with Crippen LogP contribution in [0.5, 0.6) is 0 Å². The lowest BCUT2D eigenvalue weighted by Crippen LogP contribution is -2.27. The van der Waals surface area contributed by atoms with E-state index >= 15 is 0 Å². The molecule has 1 heterocycles. The molecule has 0 saturated heterocycles. The van der Waals surface area contributed by atoms with Crippen molar-refractivity contribution in [2.75, 3.05) is 12.4 Å². The van der Waals surface area contributed by atoms with Crippen LogP contribution in [0, 0.1) is 5.92 Å². The van der Waals surface area contributed by atoms with Crippen LogP contribution in [0.2, 0.25) is 0 Å². The Balaban J connectivity index is 1.60. The van der Waals surface area contributed by atoms with Crippen LogP contribution in [-0.4, -0.2) is 18.1 Å². The van der Waals surface area contributed by atoms with Gasteiger partial charge in [0.25, 0.3) is 0 Å². The number of ether oxygens (including phenoxy) is 1. The van der Waals surface area contributed by atoms with Gasteiger partial charge in [-0.25, -0.2) is 0 Å². The Morgan fingerprint density at radius 1 is 1.00 bits per heavy atom. The summed E-state index contributed by atoms with van der Waals surface area (Å²) >= 11 is 6.17. The predicted molar refractivity (Wildman–Crippen MR) is 94.3 cm³/mol. The van der Waals surface area contributed by atoms with E-state index in [0.717, 1.165) is 13.0 Å². The average Bonchev–Trinajstić information content (AvgIpc) is 3.04. The molecule has 0 fully saturated rings. The Bertz CT molecular complexity index is 713. The summed E-state index contributed by atoms with van der Waals surface area (Å²) in [5, 5.41) is 0. The largest absolute Gasteiger partial charge is 0.368 e. The Kier molecular flexibility index (Phi) is 4.19. The number of halogens is 1. The van der Waals surface area contributed by atoms with Crippen LogP contribution in [0.25, 0.3) is 0 Å². The zero-order valence-corrected chi connectivity index (χ0v) is 13.7. The van der Waals surface area contributed by atoms with Crippen molar-refractivity contribution < 1.29 is 4.74 Å². The van der Waals surface area contributed by atoms with Gasteiger partial charge in [0.1, 0.15) is 0 Å². The maximum atomic E-state index is 6.26. The minimum Gasteiger partial charge on any atom is -0.368 e. The molecule has 4 rings (SSSR count). The smallest absolute Gasteiger partial charge is 0.0884 e. The molecule has 118 valence electrons. The highest BCUT2D eigenvalue weighted by Gasteiger charge is 2.39. The molecule has 3 heteroatoms. The van der Waals surface area contributed by atoms with E-state index in [1.807, 2.05) is 6.07 Å². The molecule has 3 unspecified atom stereocenters. The minimum atomic E-state index is 0.0930. The summed E-state index contributed by atoms with van der Waals surface area (Å²) in [6.07, 6.45) is 0.984. The second-order valence-electron chi connectivity index (χ2n) is 6.34. The van der Waals surface area contributed by atoms with Crippen molar-refractivity contribution in [2.24, 2.45) is 10.9 Å². The maximum Gasteiger partial charge on any atom is 0.0884 e. The number of aliphatic imine (C=N–C) groups is 1. The molecule has 0 amide bonds. The van der Waals surface area contributed by atoms with Crippen LogP contribution in [-0.2, 0) is 11.3 Å². The van der Waals surface area contributed by atoms with Crippen LogP contribution >= 0.6 is 11.6 Å². The van der Waals surface area contributed by atoms with Gasteiger partial charge in [-0.2, -0.15) is 0 Å². The lowest BCUT2D eigenvalue weighted by atomic mass is 9.75. The normalized spacial score (nSPS) is 25.6. The topological polar surface area (TPSA) is 21.6 Å². The molecular weight excluding hydrogens is 306 g/mol. The first-order chi connectivity index (χ1) is 11.4. The Morgan fingerprint density at radius 3 is 2.52 bits per heavy atom. The van der Waals surface area contributed by atoms with E-state index < -0.39 is 0 Å². The van der Waals surface area contributed by atoms with Gasteiger partial charge >= 0.3 is 0 Å². The third-order valence-electron chi connectivity index (χ3n) is 4.92. The lowest BCUT2D eigenvalue weighted by Gasteiger charge is -2.32. The van der Waals surface area contributed by atoms with Crippen LogP contribution < -0.4 is 0 Å². The van der Waals surface area contributed by atoms with Gasteiger partial charge < -0.3 is 4.74 Å². The molecule has 0 bridgehead atoms. The fraction of sp³-hybridized carbons (Fsp3) is 0.350. The zero-order valence-electron chi connectivity index (χ0n) is 13.0. The van der Waals surface area contributed by atoms with E-state index in [9.17, 15) is 0 Å². The summed E-state index contributed by atoms with van der Waals surface area (Å²) in [7, 11) is 0. The van der Waals surface area contributed by atoms with E-state index in [0.29, 0.717) is 24.3 Å². The van der Waals surface area contributed by atoms with Gasteiger partial charge in [0.15, 0.2) is 0 Å². The van der Waals surface area contributed by atoms with Gasteiger partial charge in [0.2, 0.25) is 0 Å². The highest BCUT2D eigenvalue weighted by molar-refractivity contribution is 6.18. The van der Waals surface area contributed by atoms with E-state index in [4.69, 9.17) is 21.3 Å². The number of hydrogen-bond donors (Lipinski definition) is 0. The molecule has 0 saturated carbocycles. The van der Waals surface area contributed by atoms with Crippen LogP contribution in [0.4, 0.5) is 0 Å². The van der Waals surface area contributed by atoms with Crippen molar-refractivity contribution in [3.63, 3.8) is 0 Å². The molecule has 2 aromatic rings. The van der Waals surface area contributed by atoms with Gasteiger partial charge in [-0.05, 0) is 16.7 Å². The average molecular weight is 326 g/mol. The van der Waals surface area contributed by atoms with Gasteiger partial charge in [-0.1, -0.05) is 54.6 Å². The van der Waals surface area contributed by atoms with E-state index in [1.54, 1.807) is 0 Å². The van der Waals surface area contributed by atoms with Crippen molar-refractivity contribution in [1.29, 1.82) is 0 Å². The number of benzene rings is 2. The number of nitrogens with zero attached hydrogens (tertiary/aromatic N) is 1. The van der Waals surface area contributed by atoms with E-state index in [-0.39, 0.29) is 6.10 Å². The fourth-order valence-corrected chi connectivity index (χ4v) is 4.06. The zero-order chi connectivity index (χ0) is 15.6. The van der Waals surface area contributed by atoms with Crippen LogP contribution in [0.1, 0.15) is 35.1 Å². The maximum absolute atomic E-state index is 6.26. The molecule has 2 nitrogen and oxygen atoms in total. The van der Waals surface area contributed by atoms with Crippen molar-refractivity contribution in [3.8, 4) is 0 Å². The van der Waals surface area contributed by atoms with Crippen molar-refractivity contribution in [1.82, 2.24) is 0 Å². The number of alkyl halides is 1. The molecule has 0 radical (unpaired) electrons. The Hall–Kier alpha value is -1.64. The SMILES string of the molecule is ClCC1CN=C2CC(OCc3ccccc3)c3ccccc3C21. The van der Waals surface area contributed by atoms with Gasteiger partial charge in [-0.3, -0.25) is 4.99 Å². The second kappa shape index (κ2) is 6.46. The van der Waals surface area contributed by atoms with E-state index in [2.05, 4.69) is 48.5 Å². The fourth-order valence-electron chi connectivity index (χ4n) is 3.78. The molecule has 23 heavy (non-hydrogen) atoms. The number of fused-ring (bicyclic) bond motifs is 3. The van der Waals surface area contributed by atoms with Crippen molar-refractivity contribution in [2.45, 2.75) is 25.0 Å². The molecule has 0 spiro atoms. The van der Waals surface area contributed by atoms with Crippen molar-refractivity contribution in [3.05, 3.63) is 71.3 Å². The molecule has 1 aliphatic heterocycles. The molecule has 1 aliphatic carbocycles. The van der Waals surface area contributed by atoms with Crippen LogP contribution in [0.15, 0.2) is 59.6 Å². The van der Waals surface area contributed by atoms with E-state index in [1.165, 1.54) is 22.4 Å². The monoisotopic (exact) mass is 325 g/mol. The molecule has 2 aliphatic rings. The molecule has 0 N–H and O–H groups in total. The minimum absolute atomic E-state index is 0.0930. The summed E-state index contributed by atoms with van der Waals surface area (Å²) < 4.78 is 6.26. The number of hydrogen-bond acceptors (Lipinski definition) is 2. The third kappa shape index (κ3) is 2.82. The summed E-state index contributed by atoms with van der Waals surface area (Å²) in [5.41, 5.74) is 5.15.